The Morgan fingerprint density at radius 1 is 1.52 bits per heavy atom. The van der Waals surface area contributed by atoms with E-state index in [0.717, 1.165) is 12.1 Å². The van der Waals surface area contributed by atoms with E-state index in [-0.39, 0.29) is 5.92 Å². The summed E-state index contributed by atoms with van der Waals surface area (Å²) in [6.07, 6.45) is 2.27. The summed E-state index contributed by atoms with van der Waals surface area (Å²) in [6.45, 7) is 7.11. The molecule has 6 heteroatoms. The van der Waals surface area contributed by atoms with E-state index >= 15 is 0 Å². The summed E-state index contributed by atoms with van der Waals surface area (Å²) in [7, 11) is 1.61. The standard InChI is InChI=1S/C19H25NO5/c1-3-7-25-16-5-4-14(9-17(16)23-2)10-20-11-15-12-24-8-6-19(15,13-20)18(21)22/h3-5,9,15H,1,6-8,10-13H2,2H3,(H,21,22)/t15-,19+/m1/s1. The minimum Gasteiger partial charge on any atom is -0.493 e. The summed E-state index contributed by atoms with van der Waals surface area (Å²) >= 11 is 0. The number of hydrogen-bond donors (Lipinski definition) is 1. The number of ether oxygens (including phenoxy) is 3. The second kappa shape index (κ2) is 7.45. The van der Waals surface area contributed by atoms with Crippen molar-refractivity contribution in [1.29, 1.82) is 0 Å². The molecule has 3 rings (SSSR count). The van der Waals surface area contributed by atoms with Crippen molar-refractivity contribution in [2.45, 2.75) is 13.0 Å². The Hall–Kier alpha value is -2.05. The van der Waals surface area contributed by atoms with Crippen molar-refractivity contribution in [2.75, 3.05) is 40.0 Å². The first kappa shape index (κ1) is 17.8. The van der Waals surface area contributed by atoms with Crippen LogP contribution in [0.4, 0.5) is 0 Å². The molecule has 0 unspecified atom stereocenters. The van der Waals surface area contributed by atoms with E-state index in [2.05, 4.69) is 11.5 Å². The van der Waals surface area contributed by atoms with Crippen molar-refractivity contribution in [3.63, 3.8) is 0 Å². The van der Waals surface area contributed by atoms with Gasteiger partial charge in [0, 0.05) is 32.2 Å². The van der Waals surface area contributed by atoms with E-state index in [1.165, 1.54) is 0 Å². The minimum absolute atomic E-state index is 0.0517. The van der Waals surface area contributed by atoms with Crippen LogP contribution in [0.25, 0.3) is 0 Å². The van der Waals surface area contributed by atoms with Crippen LogP contribution in [0, 0.1) is 11.3 Å². The van der Waals surface area contributed by atoms with E-state index in [1.807, 2.05) is 18.2 Å². The zero-order valence-corrected chi connectivity index (χ0v) is 14.6. The Morgan fingerprint density at radius 3 is 3.04 bits per heavy atom. The fourth-order valence-corrected chi connectivity index (χ4v) is 3.86. The van der Waals surface area contributed by atoms with E-state index in [4.69, 9.17) is 14.2 Å². The number of methoxy groups -OCH3 is 1. The largest absolute Gasteiger partial charge is 0.493 e. The van der Waals surface area contributed by atoms with E-state index in [0.29, 0.717) is 50.8 Å². The van der Waals surface area contributed by atoms with Crippen LogP contribution in [0.3, 0.4) is 0 Å². The van der Waals surface area contributed by atoms with Gasteiger partial charge in [-0.3, -0.25) is 9.69 Å². The Balaban J connectivity index is 1.72. The van der Waals surface area contributed by atoms with Gasteiger partial charge in [0.05, 0.1) is 19.1 Å². The highest BCUT2D eigenvalue weighted by Gasteiger charge is 2.53. The number of rotatable bonds is 7. The van der Waals surface area contributed by atoms with Crippen LogP contribution in [0.2, 0.25) is 0 Å². The second-order valence-electron chi connectivity index (χ2n) is 6.74. The lowest BCUT2D eigenvalue weighted by Crippen LogP contribution is -2.44. The quantitative estimate of drug-likeness (QED) is 0.763. The van der Waals surface area contributed by atoms with Gasteiger partial charge in [-0.25, -0.2) is 0 Å². The van der Waals surface area contributed by atoms with Crippen molar-refractivity contribution >= 4 is 5.97 Å². The molecular weight excluding hydrogens is 322 g/mol. The van der Waals surface area contributed by atoms with E-state index in [1.54, 1.807) is 13.2 Å². The Bertz CT molecular complexity index is 647. The summed E-state index contributed by atoms with van der Waals surface area (Å²) in [6, 6.07) is 5.83. The van der Waals surface area contributed by atoms with Crippen LogP contribution in [-0.2, 0) is 16.1 Å². The number of hydrogen-bond acceptors (Lipinski definition) is 5. The molecule has 0 aliphatic carbocycles. The van der Waals surface area contributed by atoms with Gasteiger partial charge in [0.1, 0.15) is 6.61 Å². The van der Waals surface area contributed by atoms with E-state index in [9.17, 15) is 9.90 Å². The third-order valence-corrected chi connectivity index (χ3v) is 5.19. The SMILES string of the molecule is C=CCOc1ccc(CN2C[C@@H]3COCC[C@]3(C(=O)O)C2)cc1OC. The summed E-state index contributed by atoms with van der Waals surface area (Å²) in [5.74, 6) is 0.703. The Morgan fingerprint density at radius 2 is 2.36 bits per heavy atom. The van der Waals surface area contributed by atoms with Gasteiger partial charge < -0.3 is 19.3 Å². The van der Waals surface area contributed by atoms with Crippen molar-refractivity contribution < 1.29 is 24.1 Å². The van der Waals surface area contributed by atoms with Gasteiger partial charge >= 0.3 is 5.97 Å². The Labute approximate surface area is 148 Å². The highest BCUT2D eigenvalue weighted by Crippen LogP contribution is 2.43. The third-order valence-electron chi connectivity index (χ3n) is 5.19. The number of fused-ring (bicyclic) bond motifs is 1. The predicted octanol–water partition coefficient (Wildman–Crippen LogP) is 2.18. The number of nitrogens with zero attached hydrogens (tertiary/aromatic N) is 1. The molecule has 1 aromatic carbocycles. The van der Waals surface area contributed by atoms with Crippen molar-refractivity contribution in [2.24, 2.45) is 11.3 Å². The van der Waals surface area contributed by atoms with Gasteiger partial charge in [-0.15, -0.1) is 0 Å². The molecule has 1 N–H and O–H groups in total. The van der Waals surface area contributed by atoms with Crippen molar-refractivity contribution in [3.05, 3.63) is 36.4 Å². The minimum atomic E-state index is -0.700. The molecule has 2 fully saturated rings. The van der Waals surface area contributed by atoms with Gasteiger partial charge in [-0.05, 0) is 24.1 Å². The van der Waals surface area contributed by atoms with Crippen LogP contribution >= 0.6 is 0 Å². The molecule has 25 heavy (non-hydrogen) atoms. The topological polar surface area (TPSA) is 68.2 Å². The number of carboxylic acid groups (broad SMARTS) is 1. The monoisotopic (exact) mass is 347 g/mol. The first-order valence-corrected chi connectivity index (χ1v) is 8.53. The molecule has 136 valence electrons. The van der Waals surface area contributed by atoms with Crippen molar-refractivity contribution in [1.82, 2.24) is 4.90 Å². The molecule has 6 nitrogen and oxygen atoms in total. The average Bonchev–Trinajstić information content (AvgIpc) is 2.99. The second-order valence-corrected chi connectivity index (χ2v) is 6.74. The van der Waals surface area contributed by atoms with Gasteiger partial charge in [0.2, 0.25) is 0 Å². The molecule has 2 atom stereocenters. The lowest BCUT2D eigenvalue weighted by atomic mass is 9.74. The predicted molar refractivity (Wildman–Crippen MR) is 93.0 cm³/mol. The molecule has 2 heterocycles. The third kappa shape index (κ3) is 3.50. The van der Waals surface area contributed by atoms with Crippen LogP contribution in [-0.4, -0.2) is 56.0 Å². The van der Waals surface area contributed by atoms with E-state index < -0.39 is 11.4 Å². The molecule has 2 aliphatic rings. The molecule has 0 amide bonds. The normalized spacial score (nSPS) is 26.0. The molecule has 0 aromatic heterocycles. The van der Waals surface area contributed by atoms with Gasteiger partial charge in [-0.1, -0.05) is 18.7 Å². The highest BCUT2D eigenvalue weighted by atomic mass is 16.5. The molecule has 2 aliphatic heterocycles. The smallest absolute Gasteiger partial charge is 0.311 e. The van der Waals surface area contributed by atoms with Crippen LogP contribution in [0.1, 0.15) is 12.0 Å². The molecule has 2 saturated heterocycles. The molecular formula is C19H25NO5. The van der Waals surface area contributed by atoms with Crippen molar-refractivity contribution in [3.8, 4) is 11.5 Å². The zero-order chi connectivity index (χ0) is 17.9. The maximum Gasteiger partial charge on any atom is 0.311 e. The maximum atomic E-state index is 11.9. The lowest BCUT2D eigenvalue weighted by Gasteiger charge is -2.34. The fraction of sp³-hybridized carbons (Fsp3) is 0.526. The summed E-state index contributed by atoms with van der Waals surface area (Å²) in [4.78, 5) is 14.1. The number of aliphatic carboxylic acids is 1. The number of carbonyl (C=O) groups is 1. The highest BCUT2D eigenvalue weighted by molar-refractivity contribution is 5.76. The number of carboxylic acids is 1. The van der Waals surface area contributed by atoms with Crippen LogP contribution in [0.5, 0.6) is 11.5 Å². The summed E-state index contributed by atoms with van der Waals surface area (Å²) in [5.41, 5.74) is 0.401. The van der Waals surface area contributed by atoms with Gasteiger partial charge in [-0.2, -0.15) is 0 Å². The first-order chi connectivity index (χ1) is 12.1. The average molecular weight is 347 g/mol. The molecule has 0 bridgehead atoms. The summed E-state index contributed by atoms with van der Waals surface area (Å²) < 4.78 is 16.5. The number of likely N-dealkylation sites (tertiary alicyclic amines) is 1. The van der Waals surface area contributed by atoms with Gasteiger partial charge in [0.15, 0.2) is 11.5 Å². The van der Waals surface area contributed by atoms with Gasteiger partial charge in [0.25, 0.3) is 0 Å². The molecule has 0 radical (unpaired) electrons. The maximum absolute atomic E-state index is 11.9. The van der Waals surface area contributed by atoms with Crippen LogP contribution in [0.15, 0.2) is 30.9 Å². The van der Waals surface area contributed by atoms with Crippen LogP contribution < -0.4 is 9.47 Å². The lowest BCUT2D eigenvalue weighted by molar-refractivity contribution is -0.157. The zero-order valence-electron chi connectivity index (χ0n) is 14.6. The Kier molecular flexibility index (Phi) is 5.30. The summed E-state index contributed by atoms with van der Waals surface area (Å²) in [5, 5.41) is 9.76. The first-order valence-electron chi connectivity index (χ1n) is 8.53. The molecule has 0 spiro atoms. The molecule has 0 saturated carbocycles. The number of benzene rings is 1. The molecule has 1 aromatic rings. The fourth-order valence-electron chi connectivity index (χ4n) is 3.86.